The molecular weight excluding hydrogens is 179 g/mol. The van der Waals surface area contributed by atoms with Crippen molar-refractivity contribution in [3.8, 4) is 0 Å². The second-order valence-electron chi connectivity index (χ2n) is 3.36. The standard InChI is InChI=1S/C10H19BO3/c1-5-7-13-11-14-10(12)9(6-2)8(3)4/h6,8,11H,5,7H2,1-4H3/b9-6+. The fraction of sp³-hybridized carbons (Fsp3) is 0.700. The third-order valence-corrected chi connectivity index (χ3v) is 1.79. The van der Waals surface area contributed by atoms with Crippen LogP contribution in [0, 0.1) is 5.92 Å². The SMILES string of the molecule is C/C=C(/C(=O)OBOCCC)C(C)C. The molecule has 0 aliphatic rings. The molecule has 0 spiro atoms. The van der Waals surface area contributed by atoms with Gasteiger partial charge in [-0.05, 0) is 19.3 Å². The van der Waals surface area contributed by atoms with Crippen LogP contribution in [0.2, 0.25) is 0 Å². The normalized spacial score (nSPS) is 11.6. The maximum Gasteiger partial charge on any atom is 0.508 e. The van der Waals surface area contributed by atoms with Crippen molar-refractivity contribution in [2.45, 2.75) is 34.1 Å². The minimum absolute atomic E-state index is 0.0523. The van der Waals surface area contributed by atoms with E-state index in [0.29, 0.717) is 12.2 Å². The van der Waals surface area contributed by atoms with Gasteiger partial charge in [0.2, 0.25) is 0 Å². The Hall–Kier alpha value is -0.765. The zero-order valence-corrected chi connectivity index (χ0v) is 9.50. The Morgan fingerprint density at radius 3 is 2.57 bits per heavy atom. The Bertz CT molecular complexity index is 200. The lowest BCUT2D eigenvalue weighted by Crippen LogP contribution is -2.16. The summed E-state index contributed by atoms with van der Waals surface area (Å²) in [5.74, 6) is -0.0859. The highest BCUT2D eigenvalue weighted by Gasteiger charge is 2.13. The van der Waals surface area contributed by atoms with Gasteiger partial charge in [-0.1, -0.05) is 26.8 Å². The van der Waals surface area contributed by atoms with E-state index in [1.807, 2.05) is 27.7 Å². The lowest BCUT2D eigenvalue weighted by atomic mass is 10.0. The summed E-state index contributed by atoms with van der Waals surface area (Å²) in [5, 5.41) is 0. The van der Waals surface area contributed by atoms with Gasteiger partial charge < -0.3 is 9.31 Å². The van der Waals surface area contributed by atoms with E-state index in [4.69, 9.17) is 9.31 Å². The monoisotopic (exact) mass is 198 g/mol. The number of carbonyl (C=O) groups excluding carboxylic acids is 1. The van der Waals surface area contributed by atoms with Gasteiger partial charge in [0, 0.05) is 12.2 Å². The predicted octanol–water partition coefficient (Wildman–Crippen LogP) is 1.82. The number of rotatable bonds is 6. The van der Waals surface area contributed by atoms with E-state index in [0.717, 1.165) is 6.42 Å². The van der Waals surface area contributed by atoms with E-state index in [-0.39, 0.29) is 19.6 Å². The predicted molar refractivity (Wildman–Crippen MR) is 58.1 cm³/mol. The molecule has 0 heterocycles. The van der Waals surface area contributed by atoms with Gasteiger partial charge in [0.25, 0.3) is 0 Å². The van der Waals surface area contributed by atoms with E-state index in [1.165, 1.54) is 0 Å². The van der Waals surface area contributed by atoms with Crippen LogP contribution >= 0.6 is 0 Å². The van der Waals surface area contributed by atoms with Gasteiger partial charge >= 0.3 is 13.7 Å². The molecule has 0 radical (unpaired) electrons. The number of hydrogen-bond acceptors (Lipinski definition) is 3. The molecule has 0 amide bonds. The molecule has 0 aromatic carbocycles. The molecule has 0 aliphatic carbocycles. The van der Waals surface area contributed by atoms with Crippen LogP contribution in [0.15, 0.2) is 11.6 Å². The maximum atomic E-state index is 11.4. The third-order valence-electron chi connectivity index (χ3n) is 1.79. The summed E-state index contributed by atoms with van der Waals surface area (Å²) in [4.78, 5) is 11.4. The smallest absolute Gasteiger partial charge is 0.508 e. The summed E-state index contributed by atoms with van der Waals surface area (Å²) in [6.07, 6.45) is 2.71. The van der Waals surface area contributed by atoms with Crippen molar-refractivity contribution >= 4 is 13.7 Å². The van der Waals surface area contributed by atoms with Crippen LogP contribution in [0.5, 0.6) is 0 Å². The highest BCUT2D eigenvalue weighted by Crippen LogP contribution is 2.10. The van der Waals surface area contributed by atoms with Crippen molar-refractivity contribution in [2.24, 2.45) is 5.92 Å². The summed E-state index contributed by atoms with van der Waals surface area (Å²) in [7, 11) is 0.0523. The van der Waals surface area contributed by atoms with Crippen LogP contribution < -0.4 is 0 Å². The van der Waals surface area contributed by atoms with Crippen molar-refractivity contribution in [1.82, 2.24) is 0 Å². The number of carbonyl (C=O) groups is 1. The Balaban J connectivity index is 3.83. The summed E-state index contributed by atoms with van der Waals surface area (Å²) in [6.45, 7) is 8.39. The molecule has 0 atom stereocenters. The lowest BCUT2D eigenvalue weighted by Gasteiger charge is -2.10. The van der Waals surface area contributed by atoms with E-state index in [1.54, 1.807) is 6.08 Å². The van der Waals surface area contributed by atoms with Crippen LogP contribution in [-0.2, 0) is 14.1 Å². The van der Waals surface area contributed by atoms with E-state index in [2.05, 4.69) is 0 Å². The van der Waals surface area contributed by atoms with Crippen LogP contribution in [0.1, 0.15) is 34.1 Å². The second-order valence-corrected chi connectivity index (χ2v) is 3.36. The van der Waals surface area contributed by atoms with Crippen LogP contribution in [0.3, 0.4) is 0 Å². The van der Waals surface area contributed by atoms with Gasteiger partial charge in [-0.15, -0.1) is 0 Å². The first-order chi connectivity index (χ1) is 6.63. The fourth-order valence-corrected chi connectivity index (χ4v) is 1.07. The summed E-state index contributed by atoms with van der Waals surface area (Å²) in [5.41, 5.74) is 0.699. The first-order valence-electron chi connectivity index (χ1n) is 5.04. The first kappa shape index (κ1) is 13.2. The Kier molecular flexibility index (Phi) is 7.20. The lowest BCUT2D eigenvalue weighted by molar-refractivity contribution is -0.131. The molecule has 0 fully saturated rings. The highest BCUT2D eigenvalue weighted by atomic mass is 16.6. The molecule has 0 aromatic rings. The molecule has 0 bridgehead atoms. The minimum Gasteiger partial charge on any atom is -0.509 e. The highest BCUT2D eigenvalue weighted by molar-refractivity contribution is 6.23. The second kappa shape index (κ2) is 7.62. The number of allylic oxidation sites excluding steroid dienone is 1. The molecule has 0 saturated carbocycles. The van der Waals surface area contributed by atoms with Crippen LogP contribution in [0.4, 0.5) is 0 Å². The molecule has 14 heavy (non-hydrogen) atoms. The summed E-state index contributed by atoms with van der Waals surface area (Å²) >= 11 is 0. The van der Waals surface area contributed by atoms with Gasteiger partial charge in [0.1, 0.15) is 0 Å². The number of hydrogen-bond donors (Lipinski definition) is 0. The quantitative estimate of drug-likeness (QED) is 0.371. The van der Waals surface area contributed by atoms with E-state index < -0.39 is 0 Å². The Morgan fingerprint density at radius 1 is 1.50 bits per heavy atom. The van der Waals surface area contributed by atoms with Gasteiger partial charge in [-0.2, -0.15) is 0 Å². The van der Waals surface area contributed by atoms with Crippen molar-refractivity contribution in [3.05, 3.63) is 11.6 Å². The van der Waals surface area contributed by atoms with Crippen molar-refractivity contribution in [3.63, 3.8) is 0 Å². The molecule has 0 saturated heterocycles. The van der Waals surface area contributed by atoms with Crippen molar-refractivity contribution in [2.75, 3.05) is 6.61 Å². The first-order valence-corrected chi connectivity index (χ1v) is 5.04. The fourth-order valence-electron chi connectivity index (χ4n) is 1.07. The topological polar surface area (TPSA) is 35.5 Å². The molecule has 0 aliphatic heterocycles. The zero-order valence-electron chi connectivity index (χ0n) is 9.50. The summed E-state index contributed by atoms with van der Waals surface area (Å²) < 4.78 is 9.99. The molecule has 3 nitrogen and oxygen atoms in total. The molecular formula is C10H19BO3. The minimum atomic E-state index is -0.279. The van der Waals surface area contributed by atoms with Crippen LogP contribution in [-0.4, -0.2) is 20.3 Å². The molecule has 4 heteroatoms. The Labute approximate surface area is 86.8 Å². The average Bonchev–Trinajstić information content (AvgIpc) is 2.13. The largest absolute Gasteiger partial charge is 0.509 e. The summed E-state index contributed by atoms with van der Waals surface area (Å²) in [6, 6.07) is 0. The molecule has 0 unspecified atom stereocenters. The molecule has 80 valence electrons. The van der Waals surface area contributed by atoms with Gasteiger partial charge in [-0.25, -0.2) is 4.79 Å². The average molecular weight is 198 g/mol. The van der Waals surface area contributed by atoms with Crippen molar-refractivity contribution in [1.29, 1.82) is 0 Å². The molecule has 0 aromatic heterocycles. The van der Waals surface area contributed by atoms with E-state index >= 15 is 0 Å². The maximum absolute atomic E-state index is 11.4. The Morgan fingerprint density at radius 2 is 2.14 bits per heavy atom. The zero-order chi connectivity index (χ0) is 11.0. The van der Waals surface area contributed by atoms with Gasteiger partial charge in [0.15, 0.2) is 0 Å². The van der Waals surface area contributed by atoms with Gasteiger partial charge in [0.05, 0.1) is 0 Å². The van der Waals surface area contributed by atoms with Crippen molar-refractivity contribution < 1.29 is 14.1 Å². The van der Waals surface area contributed by atoms with Gasteiger partial charge in [-0.3, -0.25) is 0 Å². The van der Waals surface area contributed by atoms with E-state index in [9.17, 15) is 4.79 Å². The third kappa shape index (κ3) is 5.07. The molecule has 0 N–H and O–H groups in total. The molecule has 0 rings (SSSR count). The van der Waals surface area contributed by atoms with Crippen LogP contribution in [0.25, 0.3) is 0 Å².